The number of hydrogen-bond donors (Lipinski definition) is 2. The maximum atomic E-state index is 4.28. The Morgan fingerprint density at radius 1 is 1.67 bits per heavy atom. The van der Waals surface area contributed by atoms with E-state index >= 15 is 0 Å². The van der Waals surface area contributed by atoms with E-state index in [1.54, 1.807) is 0 Å². The van der Waals surface area contributed by atoms with Gasteiger partial charge in [-0.25, -0.2) is 4.98 Å². The molecule has 0 aliphatic carbocycles. The van der Waals surface area contributed by atoms with E-state index in [1.807, 2.05) is 6.20 Å². The van der Waals surface area contributed by atoms with Crippen molar-refractivity contribution in [3.8, 4) is 0 Å². The molecule has 0 aromatic carbocycles. The second-order valence-electron chi connectivity index (χ2n) is 3.29. The zero-order valence-corrected chi connectivity index (χ0v) is 7.43. The van der Waals surface area contributed by atoms with Gasteiger partial charge in [0.2, 0.25) is 0 Å². The van der Waals surface area contributed by atoms with Gasteiger partial charge in [0, 0.05) is 18.7 Å². The van der Waals surface area contributed by atoms with Crippen LogP contribution in [0.1, 0.15) is 37.3 Å². The fourth-order valence-electron chi connectivity index (χ4n) is 1.69. The largest absolute Gasteiger partial charge is 0.345 e. The predicted octanol–water partition coefficient (Wildman–Crippen LogP) is 1.40. The lowest BCUT2D eigenvalue weighted by atomic mass is 10.2. The van der Waals surface area contributed by atoms with Crippen molar-refractivity contribution < 1.29 is 0 Å². The molecule has 2 rings (SSSR count). The summed E-state index contributed by atoms with van der Waals surface area (Å²) in [6.07, 6.45) is 5.48. The average Bonchev–Trinajstić information content (AvgIpc) is 2.75. The molecule has 1 aromatic heterocycles. The molecule has 1 saturated heterocycles. The molecule has 0 amide bonds. The molecular weight excluding hydrogens is 150 g/mol. The van der Waals surface area contributed by atoms with Crippen molar-refractivity contribution in [1.29, 1.82) is 0 Å². The van der Waals surface area contributed by atoms with Gasteiger partial charge in [0.15, 0.2) is 0 Å². The van der Waals surface area contributed by atoms with Crippen LogP contribution < -0.4 is 5.32 Å². The van der Waals surface area contributed by atoms with Crippen LogP contribution in [-0.2, 0) is 6.42 Å². The van der Waals surface area contributed by atoms with Gasteiger partial charge in [0.1, 0.15) is 5.82 Å². The molecule has 0 saturated carbocycles. The zero-order valence-electron chi connectivity index (χ0n) is 7.43. The summed E-state index contributed by atoms with van der Waals surface area (Å²) >= 11 is 0. The SMILES string of the molecule is CCc1ncc(C2CCCN2)[nH]1. The van der Waals surface area contributed by atoms with E-state index < -0.39 is 0 Å². The molecule has 1 atom stereocenters. The number of aromatic nitrogens is 2. The molecule has 0 radical (unpaired) electrons. The van der Waals surface area contributed by atoms with Gasteiger partial charge in [-0.2, -0.15) is 0 Å². The summed E-state index contributed by atoms with van der Waals surface area (Å²) in [6.45, 7) is 3.26. The number of nitrogens with one attached hydrogen (secondary N) is 2. The van der Waals surface area contributed by atoms with Crippen LogP contribution in [0.4, 0.5) is 0 Å². The standard InChI is InChI=1S/C9H15N3/c1-2-9-11-6-8(12-9)7-4-3-5-10-7/h6-7,10H,2-5H2,1H3,(H,11,12). The molecule has 1 fully saturated rings. The number of rotatable bonds is 2. The first-order chi connectivity index (χ1) is 5.90. The second kappa shape index (κ2) is 3.27. The smallest absolute Gasteiger partial charge is 0.105 e. The highest BCUT2D eigenvalue weighted by atomic mass is 15.0. The Balaban J connectivity index is 2.11. The number of hydrogen-bond acceptors (Lipinski definition) is 2. The van der Waals surface area contributed by atoms with Crippen LogP contribution >= 0.6 is 0 Å². The molecule has 1 aliphatic rings. The summed E-state index contributed by atoms with van der Waals surface area (Å²) in [5, 5.41) is 3.44. The molecule has 2 heterocycles. The van der Waals surface area contributed by atoms with Gasteiger partial charge in [-0.15, -0.1) is 0 Å². The minimum absolute atomic E-state index is 0.526. The van der Waals surface area contributed by atoms with Gasteiger partial charge < -0.3 is 10.3 Å². The van der Waals surface area contributed by atoms with Crippen molar-refractivity contribution in [1.82, 2.24) is 15.3 Å². The van der Waals surface area contributed by atoms with Crippen molar-refractivity contribution in [2.45, 2.75) is 32.2 Å². The third-order valence-corrected chi connectivity index (χ3v) is 2.42. The van der Waals surface area contributed by atoms with Crippen LogP contribution in [0.2, 0.25) is 0 Å². The number of imidazole rings is 1. The predicted molar refractivity (Wildman–Crippen MR) is 47.9 cm³/mol. The van der Waals surface area contributed by atoms with Gasteiger partial charge >= 0.3 is 0 Å². The topological polar surface area (TPSA) is 40.7 Å². The first-order valence-corrected chi connectivity index (χ1v) is 4.67. The molecular formula is C9H15N3. The molecule has 12 heavy (non-hydrogen) atoms. The minimum atomic E-state index is 0.526. The lowest BCUT2D eigenvalue weighted by Crippen LogP contribution is -2.13. The lowest BCUT2D eigenvalue weighted by Gasteiger charge is -2.05. The molecule has 0 bridgehead atoms. The summed E-state index contributed by atoms with van der Waals surface area (Å²) in [4.78, 5) is 7.61. The van der Waals surface area contributed by atoms with Crippen molar-refractivity contribution in [3.63, 3.8) is 0 Å². The summed E-state index contributed by atoms with van der Waals surface area (Å²) < 4.78 is 0. The molecule has 66 valence electrons. The van der Waals surface area contributed by atoms with Crippen LogP contribution in [0.5, 0.6) is 0 Å². The molecule has 0 spiro atoms. The average molecular weight is 165 g/mol. The Bertz CT molecular complexity index is 248. The number of nitrogens with zero attached hydrogens (tertiary/aromatic N) is 1. The maximum Gasteiger partial charge on any atom is 0.105 e. The van der Waals surface area contributed by atoms with Crippen molar-refractivity contribution in [3.05, 3.63) is 17.7 Å². The Hall–Kier alpha value is -0.830. The van der Waals surface area contributed by atoms with E-state index in [2.05, 4.69) is 22.2 Å². The molecule has 1 aromatic rings. The van der Waals surface area contributed by atoms with Gasteiger partial charge in [-0.1, -0.05) is 6.92 Å². The zero-order chi connectivity index (χ0) is 8.39. The summed E-state index contributed by atoms with van der Waals surface area (Å²) in [6, 6.07) is 0.526. The van der Waals surface area contributed by atoms with Crippen LogP contribution in [0.15, 0.2) is 6.20 Å². The summed E-state index contributed by atoms with van der Waals surface area (Å²) in [5.74, 6) is 1.10. The van der Waals surface area contributed by atoms with Crippen molar-refractivity contribution in [2.75, 3.05) is 6.54 Å². The fraction of sp³-hybridized carbons (Fsp3) is 0.667. The molecule has 3 nitrogen and oxygen atoms in total. The number of aromatic amines is 1. The highest BCUT2D eigenvalue weighted by Gasteiger charge is 2.17. The van der Waals surface area contributed by atoms with Crippen LogP contribution in [0.25, 0.3) is 0 Å². The second-order valence-corrected chi connectivity index (χ2v) is 3.29. The van der Waals surface area contributed by atoms with E-state index in [0.717, 1.165) is 18.8 Å². The Labute approximate surface area is 72.6 Å². The van der Waals surface area contributed by atoms with E-state index in [9.17, 15) is 0 Å². The summed E-state index contributed by atoms with van der Waals surface area (Å²) in [5.41, 5.74) is 1.25. The third kappa shape index (κ3) is 1.37. The molecule has 1 aliphatic heterocycles. The molecule has 2 N–H and O–H groups in total. The number of aryl methyl sites for hydroxylation is 1. The Morgan fingerprint density at radius 3 is 3.17 bits per heavy atom. The van der Waals surface area contributed by atoms with Crippen LogP contribution in [-0.4, -0.2) is 16.5 Å². The summed E-state index contributed by atoms with van der Waals surface area (Å²) in [7, 11) is 0. The minimum Gasteiger partial charge on any atom is -0.345 e. The fourth-order valence-corrected chi connectivity index (χ4v) is 1.69. The highest BCUT2D eigenvalue weighted by Crippen LogP contribution is 2.20. The van der Waals surface area contributed by atoms with Gasteiger partial charge in [0.05, 0.1) is 5.69 Å². The normalized spacial score (nSPS) is 23.2. The first-order valence-electron chi connectivity index (χ1n) is 4.67. The maximum absolute atomic E-state index is 4.28. The number of H-pyrrole nitrogens is 1. The van der Waals surface area contributed by atoms with Crippen molar-refractivity contribution in [2.24, 2.45) is 0 Å². The highest BCUT2D eigenvalue weighted by molar-refractivity contribution is 5.08. The Kier molecular flexibility index (Phi) is 2.13. The monoisotopic (exact) mass is 165 g/mol. The van der Waals surface area contributed by atoms with Crippen LogP contribution in [0, 0.1) is 0 Å². The van der Waals surface area contributed by atoms with Crippen LogP contribution in [0.3, 0.4) is 0 Å². The van der Waals surface area contributed by atoms with E-state index in [1.165, 1.54) is 18.5 Å². The van der Waals surface area contributed by atoms with E-state index in [0.29, 0.717) is 6.04 Å². The first kappa shape index (κ1) is 7.80. The Morgan fingerprint density at radius 2 is 2.58 bits per heavy atom. The van der Waals surface area contributed by atoms with E-state index in [4.69, 9.17) is 0 Å². The third-order valence-electron chi connectivity index (χ3n) is 2.42. The van der Waals surface area contributed by atoms with Gasteiger partial charge in [0.25, 0.3) is 0 Å². The molecule has 3 heteroatoms. The molecule has 1 unspecified atom stereocenters. The van der Waals surface area contributed by atoms with E-state index in [-0.39, 0.29) is 0 Å². The lowest BCUT2D eigenvalue weighted by molar-refractivity contribution is 0.629. The van der Waals surface area contributed by atoms with Gasteiger partial charge in [-0.05, 0) is 19.4 Å². The van der Waals surface area contributed by atoms with Gasteiger partial charge in [-0.3, -0.25) is 0 Å². The quantitative estimate of drug-likeness (QED) is 0.695. The van der Waals surface area contributed by atoms with Crippen molar-refractivity contribution >= 4 is 0 Å².